The van der Waals surface area contributed by atoms with Gasteiger partial charge in [0.05, 0.1) is 15.6 Å². The van der Waals surface area contributed by atoms with E-state index in [9.17, 15) is 35.5 Å². The highest BCUT2D eigenvalue weighted by Gasteiger charge is 2.76. The smallest absolute Gasteiger partial charge is 0.287 e. The summed E-state index contributed by atoms with van der Waals surface area (Å²) < 4.78 is 87.7. The van der Waals surface area contributed by atoms with Gasteiger partial charge in [0.1, 0.15) is 0 Å². The van der Waals surface area contributed by atoms with Crippen LogP contribution < -0.4 is 0 Å². The largest absolute Gasteiger partial charge is 0.460 e. The molecule has 0 bridgehead atoms. The van der Waals surface area contributed by atoms with E-state index in [1.165, 1.54) is 0 Å². The summed E-state index contributed by atoms with van der Waals surface area (Å²) in [5.74, 6) is -15.4. The number of ketones is 1. The molecule has 0 aliphatic rings. The van der Waals surface area contributed by atoms with Gasteiger partial charge >= 0.3 is 18.0 Å². The Bertz CT molecular complexity index is 519. The highest BCUT2D eigenvalue weighted by atomic mass is 35.5. The molecular formula is C10H3Cl2F7O. The number of hydrogen-bond acceptors (Lipinski definition) is 1. The first kappa shape index (κ1) is 17.0. The molecule has 1 rings (SSSR count). The molecule has 0 spiro atoms. The van der Waals surface area contributed by atoms with E-state index in [1.54, 1.807) is 0 Å². The lowest BCUT2D eigenvalue weighted by atomic mass is 10.00. The van der Waals surface area contributed by atoms with Gasteiger partial charge in [-0.15, -0.1) is 0 Å². The molecule has 0 heterocycles. The van der Waals surface area contributed by atoms with E-state index < -0.39 is 39.4 Å². The van der Waals surface area contributed by atoms with Crippen molar-refractivity contribution in [2.45, 2.75) is 18.0 Å². The molecule has 0 saturated heterocycles. The number of Topliss-reactive ketones (excluding diaryl/α,β-unsaturated/α-hetero) is 1. The zero-order chi connectivity index (χ0) is 15.9. The van der Waals surface area contributed by atoms with E-state index in [4.69, 9.17) is 23.2 Å². The topological polar surface area (TPSA) is 17.1 Å². The van der Waals surface area contributed by atoms with E-state index in [2.05, 4.69) is 0 Å². The Morgan fingerprint density at radius 3 is 1.65 bits per heavy atom. The van der Waals surface area contributed by atoms with Gasteiger partial charge < -0.3 is 0 Å². The third kappa shape index (κ3) is 2.58. The standard InChI is InChI=1S/C10H3Cl2F7O/c11-4-2-1-3-5(12)6(4)7(20)8(13,14)9(15,16)10(17,18)19/h1-3H. The fourth-order valence-electron chi connectivity index (χ4n) is 1.19. The lowest BCUT2D eigenvalue weighted by Crippen LogP contribution is -2.56. The maximum Gasteiger partial charge on any atom is 0.460 e. The van der Waals surface area contributed by atoms with Crippen LogP contribution >= 0.6 is 23.2 Å². The van der Waals surface area contributed by atoms with Crippen LogP contribution in [0.5, 0.6) is 0 Å². The van der Waals surface area contributed by atoms with Crippen LogP contribution in [0.1, 0.15) is 10.4 Å². The van der Waals surface area contributed by atoms with Crippen molar-refractivity contribution >= 4 is 29.0 Å². The lowest BCUT2D eigenvalue weighted by molar-refractivity contribution is -0.339. The Balaban J connectivity index is 3.40. The first-order valence-corrected chi connectivity index (χ1v) is 5.40. The minimum absolute atomic E-state index is 0.764. The molecule has 20 heavy (non-hydrogen) atoms. The van der Waals surface area contributed by atoms with Crippen molar-refractivity contribution in [3.05, 3.63) is 33.8 Å². The molecule has 10 heteroatoms. The second-order valence-electron chi connectivity index (χ2n) is 3.57. The van der Waals surface area contributed by atoms with Gasteiger partial charge in [-0.2, -0.15) is 30.7 Å². The zero-order valence-electron chi connectivity index (χ0n) is 9.04. The van der Waals surface area contributed by atoms with E-state index in [0.29, 0.717) is 0 Å². The molecule has 0 N–H and O–H groups in total. The minimum atomic E-state index is -6.61. The Labute approximate surface area is 117 Å². The predicted molar refractivity (Wildman–Crippen MR) is 56.7 cm³/mol. The van der Waals surface area contributed by atoms with Crippen LogP contribution in [0.25, 0.3) is 0 Å². The third-order valence-electron chi connectivity index (χ3n) is 2.23. The van der Waals surface area contributed by atoms with Crippen molar-refractivity contribution in [3.8, 4) is 0 Å². The van der Waals surface area contributed by atoms with Gasteiger partial charge in [-0.05, 0) is 12.1 Å². The van der Waals surface area contributed by atoms with Gasteiger partial charge in [0, 0.05) is 0 Å². The number of carbonyl (C=O) groups is 1. The van der Waals surface area contributed by atoms with Gasteiger partial charge in [-0.3, -0.25) is 4.79 Å². The van der Waals surface area contributed by atoms with Crippen LogP contribution in [0.4, 0.5) is 30.7 Å². The van der Waals surface area contributed by atoms with Crippen molar-refractivity contribution in [2.75, 3.05) is 0 Å². The first-order valence-electron chi connectivity index (χ1n) is 4.65. The van der Waals surface area contributed by atoms with E-state index in [0.717, 1.165) is 18.2 Å². The number of benzene rings is 1. The Hall–Kier alpha value is -1.02. The molecule has 112 valence electrons. The third-order valence-corrected chi connectivity index (χ3v) is 2.86. The van der Waals surface area contributed by atoms with E-state index >= 15 is 0 Å². The lowest BCUT2D eigenvalue weighted by Gasteiger charge is -2.27. The zero-order valence-corrected chi connectivity index (χ0v) is 10.6. The number of rotatable bonds is 3. The molecule has 0 amide bonds. The number of hydrogen-bond donors (Lipinski definition) is 0. The van der Waals surface area contributed by atoms with Crippen LogP contribution in [0.2, 0.25) is 10.0 Å². The molecule has 0 aromatic heterocycles. The van der Waals surface area contributed by atoms with E-state index in [1.807, 2.05) is 0 Å². The molecule has 0 saturated carbocycles. The van der Waals surface area contributed by atoms with Crippen molar-refractivity contribution in [2.24, 2.45) is 0 Å². The Kier molecular flexibility index (Phi) is 4.32. The molecule has 0 radical (unpaired) electrons. The summed E-state index contributed by atoms with van der Waals surface area (Å²) in [7, 11) is 0. The first-order chi connectivity index (χ1) is 8.84. The number of carbonyl (C=O) groups excluding carboxylic acids is 1. The molecule has 0 unspecified atom stereocenters. The van der Waals surface area contributed by atoms with Crippen LogP contribution in [-0.2, 0) is 0 Å². The van der Waals surface area contributed by atoms with Gasteiger partial charge in [0.2, 0.25) is 5.78 Å². The molecule has 0 aliphatic carbocycles. The maximum absolute atomic E-state index is 13.2. The van der Waals surface area contributed by atoms with Crippen molar-refractivity contribution < 1.29 is 35.5 Å². The molecule has 1 nitrogen and oxygen atoms in total. The highest BCUT2D eigenvalue weighted by molar-refractivity contribution is 6.40. The molecule has 0 atom stereocenters. The van der Waals surface area contributed by atoms with Crippen molar-refractivity contribution in [1.29, 1.82) is 0 Å². The van der Waals surface area contributed by atoms with Gasteiger partial charge in [0.25, 0.3) is 0 Å². The number of alkyl halides is 7. The van der Waals surface area contributed by atoms with Crippen LogP contribution in [0.15, 0.2) is 18.2 Å². The summed E-state index contributed by atoms with van der Waals surface area (Å²) in [4.78, 5) is 11.3. The minimum Gasteiger partial charge on any atom is -0.287 e. The van der Waals surface area contributed by atoms with Gasteiger partial charge in [-0.1, -0.05) is 29.3 Å². The van der Waals surface area contributed by atoms with Crippen LogP contribution in [-0.4, -0.2) is 23.8 Å². The van der Waals surface area contributed by atoms with Gasteiger partial charge in [-0.25, -0.2) is 0 Å². The summed E-state index contributed by atoms with van der Waals surface area (Å²) in [6.45, 7) is 0. The summed E-state index contributed by atoms with van der Waals surface area (Å²) >= 11 is 10.7. The molecule has 1 aromatic rings. The normalized spacial score (nSPS) is 13.4. The Morgan fingerprint density at radius 1 is 0.900 bits per heavy atom. The summed E-state index contributed by atoms with van der Waals surface area (Å²) in [5, 5.41) is -1.53. The summed E-state index contributed by atoms with van der Waals surface area (Å²) in [6.07, 6.45) is -6.61. The highest BCUT2D eigenvalue weighted by Crippen LogP contribution is 2.48. The van der Waals surface area contributed by atoms with Crippen molar-refractivity contribution in [3.63, 3.8) is 0 Å². The predicted octanol–water partition coefficient (Wildman–Crippen LogP) is 5.01. The van der Waals surface area contributed by atoms with Gasteiger partial charge in [0.15, 0.2) is 0 Å². The maximum atomic E-state index is 13.2. The van der Waals surface area contributed by atoms with Crippen molar-refractivity contribution in [1.82, 2.24) is 0 Å². The molecular weight excluding hydrogens is 340 g/mol. The average Bonchev–Trinajstić information content (AvgIpc) is 2.26. The second-order valence-corrected chi connectivity index (χ2v) is 4.39. The quantitative estimate of drug-likeness (QED) is 0.557. The fraction of sp³-hybridized carbons (Fsp3) is 0.300. The van der Waals surface area contributed by atoms with E-state index in [-0.39, 0.29) is 0 Å². The summed E-state index contributed by atoms with van der Waals surface area (Å²) in [5.41, 5.74) is -1.30. The molecule has 1 aromatic carbocycles. The van der Waals surface area contributed by atoms with Crippen LogP contribution in [0.3, 0.4) is 0 Å². The molecule has 0 aliphatic heterocycles. The Morgan fingerprint density at radius 2 is 1.30 bits per heavy atom. The monoisotopic (exact) mass is 342 g/mol. The second kappa shape index (κ2) is 5.07. The SMILES string of the molecule is O=C(c1c(Cl)cccc1Cl)C(F)(F)C(F)(F)C(F)(F)F. The average molecular weight is 343 g/mol. The van der Waals surface area contributed by atoms with Crippen LogP contribution in [0, 0.1) is 0 Å². The number of halogens is 9. The molecule has 0 fully saturated rings. The summed E-state index contributed by atoms with van der Waals surface area (Å²) in [6, 6.07) is 2.80. The fourth-order valence-corrected chi connectivity index (χ4v) is 1.76.